The Balaban J connectivity index is 2.17. The number of fused-ring (bicyclic) bond motifs is 1. The van der Waals surface area contributed by atoms with Crippen molar-refractivity contribution in [3.8, 4) is 0 Å². The first-order chi connectivity index (χ1) is 11.4. The topological polar surface area (TPSA) is 74.3 Å². The van der Waals surface area contributed by atoms with Crippen LogP contribution in [-0.4, -0.2) is 49.9 Å². The van der Waals surface area contributed by atoms with E-state index >= 15 is 0 Å². The first kappa shape index (κ1) is 16.9. The maximum atomic E-state index is 12.7. The van der Waals surface area contributed by atoms with Crippen molar-refractivity contribution >= 4 is 11.2 Å². The highest BCUT2D eigenvalue weighted by molar-refractivity contribution is 5.71. The standard InChI is InChI=1S/C16H25N5O3/c1-11(2)9-21-12(10-20-5-7-24-8-6-20)17-14-13(21)15(22)19(4)16(23)18(14)3/h11H,5-10H2,1-4H3. The third-order valence-electron chi connectivity index (χ3n) is 4.44. The third-order valence-corrected chi connectivity index (χ3v) is 4.44. The molecule has 0 aromatic carbocycles. The molecule has 0 saturated carbocycles. The highest BCUT2D eigenvalue weighted by Gasteiger charge is 2.21. The van der Waals surface area contributed by atoms with E-state index in [-0.39, 0.29) is 11.2 Å². The predicted molar refractivity (Wildman–Crippen MR) is 91.1 cm³/mol. The summed E-state index contributed by atoms with van der Waals surface area (Å²) in [5.74, 6) is 1.20. The average Bonchev–Trinajstić information content (AvgIpc) is 2.90. The minimum absolute atomic E-state index is 0.283. The fourth-order valence-electron chi connectivity index (χ4n) is 3.13. The van der Waals surface area contributed by atoms with Crippen LogP contribution in [0.4, 0.5) is 0 Å². The van der Waals surface area contributed by atoms with Gasteiger partial charge < -0.3 is 9.30 Å². The van der Waals surface area contributed by atoms with Crippen LogP contribution >= 0.6 is 0 Å². The molecule has 3 heterocycles. The molecular weight excluding hydrogens is 310 g/mol. The Kier molecular flexibility index (Phi) is 4.60. The molecule has 1 saturated heterocycles. The van der Waals surface area contributed by atoms with Gasteiger partial charge in [0, 0.05) is 33.7 Å². The lowest BCUT2D eigenvalue weighted by Crippen LogP contribution is -2.38. The summed E-state index contributed by atoms with van der Waals surface area (Å²) in [7, 11) is 3.17. The van der Waals surface area contributed by atoms with Gasteiger partial charge in [-0.05, 0) is 5.92 Å². The lowest BCUT2D eigenvalue weighted by molar-refractivity contribution is 0.0326. The fraction of sp³-hybridized carbons (Fsp3) is 0.688. The van der Waals surface area contributed by atoms with Gasteiger partial charge in [-0.1, -0.05) is 13.8 Å². The number of hydrogen-bond donors (Lipinski definition) is 0. The van der Waals surface area contributed by atoms with Gasteiger partial charge >= 0.3 is 5.69 Å². The number of ether oxygens (including phenoxy) is 1. The molecule has 0 radical (unpaired) electrons. The van der Waals surface area contributed by atoms with Crippen molar-refractivity contribution in [3.63, 3.8) is 0 Å². The third kappa shape index (κ3) is 2.91. The molecule has 0 unspecified atom stereocenters. The summed E-state index contributed by atoms with van der Waals surface area (Å²) >= 11 is 0. The van der Waals surface area contributed by atoms with Crippen LogP contribution in [0.25, 0.3) is 11.2 Å². The van der Waals surface area contributed by atoms with E-state index in [4.69, 9.17) is 4.74 Å². The van der Waals surface area contributed by atoms with Gasteiger partial charge in [0.1, 0.15) is 5.82 Å². The van der Waals surface area contributed by atoms with E-state index in [9.17, 15) is 9.59 Å². The largest absolute Gasteiger partial charge is 0.379 e. The summed E-state index contributed by atoms with van der Waals surface area (Å²) in [6.45, 7) is 8.69. The Morgan fingerprint density at radius 3 is 2.42 bits per heavy atom. The van der Waals surface area contributed by atoms with Crippen LogP contribution in [-0.2, 0) is 31.9 Å². The van der Waals surface area contributed by atoms with Gasteiger partial charge in [0.25, 0.3) is 5.56 Å². The molecule has 132 valence electrons. The average molecular weight is 335 g/mol. The van der Waals surface area contributed by atoms with Crippen molar-refractivity contribution in [2.75, 3.05) is 26.3 Å². The second-order valence-electron chi connectivity index (χ2n) is 6.80. The zero-order valence-electron chi connectivity index (χ0n) is 14.8. The summed E-state index contributed by atoms with van der Waals surface area (Å²) in [4.78, 5) is 31.8. The molecule has 2 aromatic heterocycles. The van der Waals surface area contributed by atoms with Crippen molar-refractivity contribution in [2.45, 2.75) is 26.9 Å². The first-order valence-corrected chi connectivity index (χ1v) is 8.35. The molecule has 0 aliphatic carbocycles. The molecule has 24 heavy (non-hydrogen) atoms. The highest BCUT2D eigenvalue weighted by atomic mass is 16.5. The number of nitrogens with zero attached hydrogens (tertiary/aromatic N) is 5. The van der Waals surface area contributed by atoms with Crippen molar-refractivity contribution < 1.29 is 4.74 Å². The Hall–Kier alpha value is -1.93. The van der Waals surface area contributed by atoms with E-state index in [1.54, 1.807) is 7.05 Å². The van der Waals surface area contributed by atoms with Gasteiger partial charge in [0.15, 0.2) is 11.2 Å². The molecular formula is C16H25N5O3. The van der Waals surface area contributed by atoms with E-state index in [1.807, 2.05) is 4.57 Å². The zero-order valence-corrected chi connectivity index (χ0v) is 14.8. The minimum Gasteiger partial charge on any atom is -0.379 e. The van der Waals surface area contributed by atoms with Gasteiger partial charge in [-0.25, -0.2) is 9.78 Å². The molecule has 0 amide bonds. The van der Waals surface area contributed by atoms with Crippen LogP contribution in [0, 0.1) is 5.92 Å². The van der Waals surface area contributed by atoms with Gasteiger partial charge in [-0.3, -0.25) is 18.8 Å². The molecule has 2 aromatic rings. The molecule has 1 fully saturated rings. The first-order valence-electron chi connectivity index (χ1n) is 8.35. The molecule has 8 heteroatoms. The summed E-state index contributed by atoms with van der Waals surface area (Å²) in [5.41, 5.74) is 0.345. The second kappa shape index (κ2) is 6.52. The van der Waals surface area contributed by atoms with Crippen molar-refractivity contribution in [2.24, 2.45) is 20.0 Å². The maximum Gasteiger partial charge on any atom is 0.332 e. The second-order valence-corrected chi connectivity index (χ2v) is 6.80. The van der Waals surface area contributed by atoms with Gasteiger partial charge in [0.2, 0.25) is 0 Å². The molecule has 0 spiro atoms. The Bertz CT molecular complexity index is 855. The van der Waals surface area contributed by atoms with Gasteiger partial charge in [0.05, 0.1) is 19.8 Å². The SMILES string of the molecule is CC(C)Cn1c(CN2CCOCC2)nc2c1c(=O)n(C)c(=O)n2C. The fourth-order valence-corrected chi connectivity index (χ4v) is 3.13. The van der Waals surface area contributed by atoms with Crippen LogP contribution in [0.1, 0.15) is 19.7 Å². The smallest absolute Gasteiger partial charge is 0.332 e. The zero-order chi connectivity index (χ0) is 17.4. The molecule has 3 rings (SSSR count). The number of aromatic nitrogens is 4. The van der Waals surface area contributed by atoms with Gasteiger partial charge in [-0.15, -0.1) is 0 Å². The Morgan fingerprint density at radius 1 is 1.12 bits per heavy atom. The van der Waals surface area contributed by atoms with E-state index < -0.39 is 0 Å². The number of imidazole rings is 1. The van der Waals surface area contributed by atoms with Crippen molar-refractivity contribution in [1.82, 2.24) is 23.6 Å². The van der Waals surface area contributed by atoms with Gasteiger partial charge in [-0.2, -0.15) is 0 Å². The van der Waals surface area contributed by atoms with Crippen LogP contribution < -0.4 is 11.2 Å². The molecule has 8 nitrogen and oxygen atoms in total. The lowest BCUT2D eigenvalue weighted by Gasteiger charge is -2.26. The van der Waals surface area contributed by atoms with Crippen LogP contribution in [0.5, 0.6) is 0 Å². The Labute approximate surface area is 140 Å². The van der Waals surface area contributed by atoms with Crippen molar-refractivity contribution in [1.29, 1.82) is 0 Å². The molecule has 1 aliphatic rings. The highest BCUT2D eigenvalue weighted by Crippen LogP contribution is 2.16. The lowest BCUT2D eigenvalue weighted by atomic mass is 10.2. The molecule has 0 N–H and O–H groups in total. The number of rotatable bonds is 4. The minimum atomic E-state index is -0.348. The molecule has 0 bridgehead atoms. The monoisotopic (exact) mass is 335 g/mol. The van der Waals surface area contributed by atoms with E-state index in [0.717, 1.165) is 23.5 Å². The summed E-state index contributed by atoms with van der Waals surface area (Å²) in [5, 5.41) is 0. The summed E-state index contributed by atoms with van der Waals surface area (Å²) in [6.07, 6.45) is 0. The van der Waals surface area contributed by atoms with Crippen LogP contribution in [0.15, 0.2) is 9.59 Å². The normalized spacial score (nSPS) is 16.4. The number of hydrogen-bond acceptors (Lipinski definition) is 5. The van der Waals surface area contributed by atoms with E-state index in [1.165, 1.54) is 11.6 Å². The summed E-state index contributed by atoms with van der Waals surface area (Å²) < 4.78 is 9.98. The van der Waals surface area contributed by atoms with Crippen LogP contribution in [0.3, 0.4) is 0 Å². The summed E-state index contributed by atoms with van der Waals surface area (Å²) in [6, 6.07) is 0. The van der Waals surface area contributed by atoms with Crippen LogP contribution in [0.2, 0.25) is 0 Å². The van der Waals surface area contributed by atoms with Crippen molar-refractivity contribution in [3.05, 3.63) is 26.7 Å². The maximum absolute atomic E-state index is 12.7. The predicted octanol–water partition coefficient (Wildman–Crippen LogP) is -0.0781. The molecule has 1 aliphatic heterocycles. The quantitative estimate of drug-likeness (QED) is 0.781. The Morgan fingerprint density at radius 2 is 1.79 bits per heavy atom. The number of morpholine rings is 1. The van der Waals surface area contributed by atoms with E-state index in [2.05, 4.69) is 23.7 Å². The molecule has 0 atom stereocenters. The van der Waals surface area contributed by atoms with E-state index in [0.29, 0.717) is 43.4 Å². The number of aryl methyl sites for hydroxylation is 1.